The van der Waals surface area contributed by atoms with E-state index in [0.717, 1.165) is 11.1 Å². The van der Waals surface area contributed by atoms with E-state index < -0.39 is 0 Å². The topological polar surface area (TPSA) is 17.1 Å². The minimum absolute atomic E-state index is 0.108. The zero-order chi connectivity index (χ0) is 21.4. The lowest BCUT2D eigenvalue weighted by molar-refractivity contribution is 0.101. The Hall–Kier alpha value is -1.80. The molecule has 0 aliphatic heterocycles. The van der Waals surface area contributed by atoms with Crippen molar-refractivity contribution in [2.24, 2.45) is 0 Å². The van der Waals surface area contributed by atoms with Crippen LogP contribution in [0.4, 0.5) is 0 Å². The Kier molecular flexibility index (Phi) is 12.3. The van der Waals surface area contributed by atoms with Crippen molar-refractivity contribution < 1.29 is 4.79 Å². The molecular weight excluding hydrogens is 384 g/mol. The van der Waals surface area contributed by atoms with Gasteiger partial charge in [-0.3, -0.25) is 4.79 Å². The zero-order valence-corrected chi connectivity index (χ0v) is 19.7. The van der Waals surface area contributed by atoms with Gasteiger partial charge in [-0.1, -0.05) is 113 Å². The van der Waals surface area contributed by atoms with Gasteiger partial charge in [0.1, 0.15) is 0 Å². The average Bonchev–Trinajstić information content (AvgIpc) is 2.77. The molecule has 0 aliphatic rings. The smallest absolute Gasteiger partial charge is 0.159 e. The molecule has 30 heavy (non-hydrogen) atoms. The molecule has 0 amide bonds. The summed E-state index contributed by atoms with van der Waals surface area (Å²) < 4.78 is 0. The fourth-order valence-electron chi connectivity index (χ4n) is 3.48. The Morgan fingerprint density at radius 2 is 1.17 bits per heavy atom. The molecule has 2 aromatic carbocycles. The van der Waals surface area contributed by atoms with Gasteiger partial charge in [0, 0.05) is 10.5 Å². The maximum Gasteiger partial charge on any atom is 0.159 e. The monoisotopic (exact) mass is 422 g/mol. The fraction of sp³-hybridized carbons (Fsp3) is 0.464. The van der Waals surface area contributed by atoms with E-state index in [1.807, 2.05) is 36.0 Å². The van der Waals surface area contributed by atoms with Gasteiger partial charge in [-0.15, -0.1) is 11.8 Å². The number of carbonyl (C=O) groups excluding carboxylic acids is 1. The van der Waals surface area contributed by atoms with Crippen LogP contribution in [0, 0.1) is 0 Å². The zero-order valence-electron chi connectivity index (χ0n) is 18.9. The quantitative estimate of drug-likeness (QED) is 0.123. The number of Topliss-reactive ketones (excluding diaryl/α,β-unsaturated/α-hetero) is 1. The van der Waals surface area contributed by atoms with Crippen LogP contribution < -0.4 is 0 Å². The lowest BCUT2D eigenvalue weighted by Gasteiger charge is -2.04. The second kappa shape index (κ2) is 15.1. The Morgan fingerprint density at radius 3 is 1.67 bits per heavy atom. The normalized spacial score (nSPS) is 11.3. The third-order valence-electron chi connectivity index (χ3n) is 5.43. The van der Waals surface area contributed by atoms with E-state index in [0.29, 0.717) is 0 Å². The highest BCUT2D eigenvalue weighted by atomic mass is 32.2. The first-order chi connectivity index (χ1) is 14.7. The van der Waals surface area contributed by atoms with E-state index >= 15 is 0 Å². The van der Waals surface area contributed by atoms with Crippen LogP contribution in [0.2, 0.25) is 0 Å². The van der Waals surface area contributed by atoms with Crippen LogP contribution in [0.25, 0.3) is 12.2 Å². The number of ketones is 1. The molecule has 162 valence electrons. The summed E-state index contributed by atoms with van der Waals surface area (Å²) in [5.41, 5.74) is 3.07. The highest BCUT2D eigenvalue weighted by molar-refractivity contribution is 7.99. The van der Waals surface area contributed by atoms with Crippen LogP contribution >= 0.6 is 11.8 Å². The largest absolute Gasteiger partial charge is 0.295 e. The summed E-state index contributed by atoms with van der Waals surface area (Å²) in [6.45, 7) is 3.88. The second-order valence-corrected chi connectivity index (χ2v) is 9.28. The molecule has 0 aromatic heterocycles. The lowest BCUT2D eigenvalue weighted by Crippen LogP contribution is -1.90. The maximum absolute atomic E-state index is 11.3. The van der Waals surface area contributed by atoms with Crippen LogP contribution in [-0.4, -0.2) is 11.5 Å². The van der Waals surface area contributed by atoms with Crippen molar-refractivity contribution in [3.63, 3.8) is 0 Å². The molecule has 0 aliphatic carbocycles. The number of benzene rings is 2. The van der Waals surface area contributed by atoms with Crippen molar-refractivity contribution in [2.75, 3.05) is 5.75 Å². The van der Waals surface area contributed by atoms with Crippen LogP contribution in [0.15, 0.2) is 53.4 Å². The molecular formula is C28H38OS. The van der Waals surface area contributed by atoms with Gasteiger partial charge in [0.2, 0.25) is 0 Å². The molecule has 0 radical (unpaired) electrons. The van der Waals surface area contributed by atoms with Crippen molar-refractivity contribution in [2.45, 2.75) is 83.0 Å². The van der Waals surface area contributed by atoms with E-state index in [2.05, 4.69) is 43.3 Å². The summed E-state index contributed by atoms with van der Waals surface area (Å²) in [5, 5.41) is 0. The summed E-state index contributed by atoms with van der Waals surface area (Å²) in [4.78, 5) is 12.7. The second-order valence-electron chi connectivity index (χ2n) is 8.11. The van der Waals surface area contributed by atoms with Gasteiger partial charge in [-0.2, -0.15) is 0 Å². The number of carbonyl (C=O) groups is 1. The van der Waals surface area contributed by atoms with Gasteiger partial charge in [0.15, 0.2) is 5.78 Å². The molecule has 2 heteroatoms. The highest BCUT2D eigenvalue weighted by Gasteiger charge is 1.98. The first-order valence-electron chi connectivity index (χ1n) is 11.7. The average molecular weight is 423 g/mol. The van der Waals surface area contributed by atoms with Gasteiger partial charge in [-0.05, 0) is 42.4 Å². The predicted molar refractivity (Wildman–Crippen MR) is 134 cm³/mol. The number of hydrogen-bond acceptors (Lipinski definition) is 2. The number of rotatable bonds is 15. The van der Waals surface area contributed by atoms with Gasteiger partial charge in [-0.25, -0.2) is 0 Å². The van der Waals surface area contributed by atoms with Crippen molar-refractivity contribution in [3.05, 3.63) is 65.2 Å². The van der Waals surface area contributed by atoms with Crippen LogP contribution in [0.1, 0.15) is 99.5 Å². The summed E-state index contributed by atoms with van der Waals surface area (Å²) in [6.07, 6.45) is 18.2. The molecule has 2 rings (SSSR count). The van der Waals surface area contributed by atoms with E-state index in [4.69, 9.17) is 0 Å². The predicted octanol–water partition coefficient (Wildman–Crippen LogP) is 9.07. The molecule has 0 N–H and O–H groups in total. The van der Waals surface area contributed by atoms with Gasteiger partial charge in [0.25, 0.3) is 0 Å². The van der Waals surface area contributed by atoms with Gasteiger partial charge in [0.05, 0.1) is 0 Å². The Labute approximate surface area is 188 Å². The van der Waals surface area contributed by atoms with Crippen molar-refractivity contribution in [3.8, 4) is 0 Å². The molecule has 0 bridgehead atoms. The maximum atomic E-state index is 11.3. The Bertz CT molecular complexity index is 743. The fourth-order valence-corrected chi connectivity index (χ4v) is 4.39. The van der Waals surface area contributed by atoms with Gasteiger partial charge >= 0.3 is 0 Å². The van der Waals surface area contributed by atoms with E-state index in [9.17, 15) is 4.79 Å². The summed E-state index contributed by atoms with van der Waals surface area (Å²) in [5.74, 6) is 1.32. The molecule has 0 fully saturated rings. The van der Waals surface area contributed by atoms with Gasteiger partial charge < -0.3 is 0 Å². The summed E-state index contributed by atoms with van der Waals surface area (Å²) in [6, 6.07) is 16.6. The van der Waals surface area contributed by atoms with E-state index in [1.54, 1.807) is 6.92 Å². The van der Waals surface area contributed by atoms with Crippen LogP contribution in [0.5, 0.6) is 0 Å². The van der Waals surface area contributed by atoms with Crippen LogP contribution in [0.3, 0.4) is 0 Å². The van der Waals surface area contributed by atoms with E-state index in [-0.39, 0.29) is 5.78 Å². The molecule has 0 saturated carbocycles. The van der Waals surface area contributed by atoms with E-state index in [1.165, 1.54) is 80.4 Å². The molecule has 0 saturated heterocycles. The minimum atomic E-state index is 0.108. The highest BCUT2D eigenvalue weighted by Crippen LogP contribution is 2.21. The molecule has 0 spiro atoms. The third kappa shape index (κ3) is 10.3. The SMILES string of the molecule is CCCCCCCCCCCCSc1ccc(C=Cc2ccc(C(C)=O)cc2)cc1. The molecule has 0 atom stereocenters. The molecule has 0 unspecified atom stereocenters. The standard InChI is InChI=1S/C28H38OS/c1-3-4-5-6-7-8-9-10-11-12-23-30-28-21-17-26(18-22-28)14-13-25-15-19-27(20-16-25)24(2)29/h13-22H,3-12,23H2,1-2H3. The molecule has 0 heterocycles. The lowest BCUT2D eigenvalue weighted by atomic mass is 10.1. The number of hydrogen-bond donors (Lipinski definition) is 0. The van der Waals surface area contributed by atoms with Crippen molar-refractivity contribution in [1.29, 1.82) is 0 Å². The molecule has 1 nitrogen and oxygen atoms in total. The van der Waals surface area contributed by atoms with Crippen molar-refractivity contribution in [1.82, 2.24) is 0 Å². The van der Waals surface area contributed by atoms with Crippen molar-refractivity contribution >= 4 is 29.7 Å². The molecule has 2 aromatic rings. The number of thioether (sulfide) groups is 1. The third-order valence-corrected chi connectivity index (χ3v) is 6.53. The Balaban J connectivity index is 1.59. The summed E-state index contributed by atoms with van der Waals surface area (Å²) in [7, 11) is 0. The first kappa shape index (κ1) is 24.5. The number of unbranched alkanes of at least 4 members (excludes halogenated alkanes) is 9. The Morgan fingerprint density at radius 1 is 0.700 bits per heavy atom. The van der Waals surface area contributed by atoms with Crippen LogP contribution in [-0.2, 0) is 0 Å². The minimum Gasteiger partial charge on any atom is -0.295 e. The summed E-state index contributed by atoms with van der Waals surface area (Å²) >= 11 is 1.97. The first-order valence-corrected chi connectivity index (χ1v) is 12.7.